The van der Waals surface area contributed by atoms with Gasteiger partial charge in [0.2, 0.25) is 11.6 Å². The Morgan fingerprint density at radius 3 is 2.22 bits per heavy atom. The number of halogens is 3. The average Bonchev–Trinajstić information content (AvgIpc) is 3.95. The van der Waals surface area contributed by atoms with Crippen LogP contribution in [0.4, 0.5) is 19.0 Å². The highest BCUT2D eigenvalue weighted by Crippen LogP contribution is 2.39. The van der Waals surface area contributed by atoms with Gasteiger partial charge in [0.15, 0.2) is 21.6 Å². The first-order chi connectivity index (χ1) is 26.2. The number of nitrogens with zero attached hydrogens (tertiary/aromatic N) is 12. The molecule has 7 heterocycles. The molecule has 0 radical (unpaired) electrons. The third-order valence-corrected chi connectivity index (χ3v) is 10.1. The van der Waals surface area contributed by atoms with E-state index in [-0.39, 0.29) is 50.4 Å². The van der Waals surface area contributed by atoms with Crippen LogP contribution in [0.3, 0.4) is 0 Å². The van der Waals surface area contributed by atoms with Crippen LogP contribution in [0.1, 0.15) is 5.69 Å². The summed E-state index contributed by atoms with van der Waals surface area (Å²) in [5.41, 5.74) is -0.990. The Hall–Kier alpha value is -6.35. The van der Waals surface area contributed by atoms with Gasteiger partial charge in [-0.3, -0.25) is 5.10 Å². The van der Waals surface area contributed by atoms with Gasteiger partial charge in [-0.2, -0.15) is 23.5 Å². The molecule has 0 spiro atoms. The van der Waals surface area contributed by atoms with Crippen LogP contribution in [0.5, 0.6) is 0 Å². The summed E-state index contributed by atoms with van der Waals surface area (Å²) in [7, 11) is -9.27. The number of anilines is 1. The van der Waals surface area contributed by atoms with Crippen LogP contribution in [-0.4, -0.2) is 109 Å². The van der Waals surface area contributed by atoms with Gasteiger partial charge < -0.3 is 9.64 Å². The fourth-order valence-electron chi connectivity index (χ4n) is 5.98. The monoisotopic (exact) mass is 796 g/mol. The molecule has 282 valence electrons. The third-order valence-electron chi connectivity index (χ3n) is 8.38. The molecule has 8 rings (SSSR count). The number of sulfonamides is 2. The number of hydrogen-bond donors (Lipinski definition) is 4. The largest absolute Gasteiger partial charge is 0.435 e. The molecule has 6 N–H and O–H groups in total. The molecule has 0 aliphatic carbocycles. The molecule has 0 amide bonds. The Bertz CT molecular complexity index is 2810. The number of pyridine rings is 3. The van der Waals surface area contributed by atoms with Crippen molar-refractivity contribution < 1.29 is 34.7 Å². The van der Waals surface area contributed by atoms with Crippen molar-refractivity contribution in [1.29, 1.82) is 0 Å². The van der Waals surface area contributed by atoms with Crippen LogP contribution in [0, 0.1) is 0 Å². The van der Waals surface area contributed by atoms with Crippen molar-refractivity contribution >= 4 is 36.8 Å². The molecule has 1 aliphatic heterocycles. The number of hydrogen-bond acceptors (Lipinski definition) is 16. The predicted octanol–water partition coefficient (Wildman–Crippen LogP) is 1.05. The smallest absolute Gasteiger partial charge is 0.378 e. The van der Waals surface area contributed by atoms with Crippen molar-refractivity contribution in [1.82, 2.24) is 66.0 Å². The van der Waals surface area contributed by atoms with Gasteiger partial charge >= 0.3 is 6.18 Å². The number of nitrogens with one attached hydrogen (secondary N) is 2. The van der Waals surface area contributed by atoms with E-state index in [2.05, 4.69) is 61.2 Å². The van der Waals surface area contributed by atoms with Crippen molar-refractivity contribution in [3.05, 3.63) is 60.6 Å². The summed E-state index contributed by atoms with van der Waals surface area (Å²) in [6.07, 6.45) is -2.23. The first kappa shape index (κ1) is 35.7. The van der Waals surface area contributed by atoms with E-state index in [9.17, 15) is 30.0 Å². The predicted molar refractivity (Wildman–Crippen MR) is 182 cm³/mol. The number of aromatic amines is 2. The highest BCUT2D eigenvalue weighted by atomic mass is 32.2. The number of rotatable bonds is 8. The van der Waals surface area contributed by atoms with Crippen LogP contribution < -0.4 is 15.2 Å². The normalized spacial score (nSPS) is 14.2. The second-order valence-corrected chi connectivity index (χ2v) is 14.8. The number of primary sulfonamides is 2. The van der Waals surface area contributed by atoms with Crippen molar-refractivity contribution in [2.45, 2.75) is 16.2 Å². The fraction of sp³-hybridized carbons (Fsp3) is 0.172. The minimum absolute atomic E-state index is 0.00700. The van der Waals surface area contributed by atoms with Gasteiger partial charge in [0, 0.05) is 42.0 Å². The summed E-state index contributed by atoms with van der Waals surface area (Å²) < 4.78 is 98.5. The molecular weight excluding hydrogens is 774 g/mol. The molecule has 1 fully saturated rings. The molecule has 0 atom stereocenters. The van der Waals surface area contributed by atoms with Gasteiger partial charge in [0.25, 0.3) is 20.0 Å². The quantitative estimate of drug-likeness (QED) is 0.167. The van der Waals surface area contributed by atoms with Crippen LogP contribution >= 0.6 is 0 Å². The van der Waals surface area contributed by atoms with Crippen molar-refractivity contribution in [2.24, 2.45) is 10.3 Å². The Kier molecular flexibility index (Phi) is 8.56. The van der Waals surface area contributed by atoms with Crippen LogP contribution in [0.25, 0.3) is 61.8 Å². The fourth-order valence-corrected chi connectivity index (χ4v) is 7.38. The van der Waals surface area contributed by atoms with E-state index in [4.69, 9.17) is 15.0 Å². The molecule has 1 aliphatic rings. The summed E-state index contributed by atoms with van der Waals surface area (Å²) in [6.45, 7) is 2.24. The number of benzene rings is 1. The highest BCUT2D eigenvalue weighted by Gasteiger charge is 2.36. The summed E-state index contributed by atoms with van der Waals surface area (Å²) in [6, 6.07) is 9.98. The summed E-state index contributed by atoms with van der Waals surface area (Å²) >= 11 is 0. The molecule has 6 aromatic heterocycles. The number of morpholine rings is 1. The van der Waals surface area contributed by atoms with E-state index in [0.717, 1.165) is 17.1 Å². The number of fused-ring (bicyclic) bond motifs is 1. The number of alkyl halides is 3. The second kappa shape index (κ2) is 13.2. The topological polar surface area (TPSA) is 298 Å². The van der Waals surface area contributed by atoms with Crippen LogP contribution in [0.15, 0.2) is 64.9 Å². The van der Waals surface area contributed by atoms with E-state index >= 15 is 0 Å². The maximum atomic E-state index is 13.8. The van der Waals surface area contributed by atoms with Gasteiger partial charge in [-0.25, -0.2) is 42.1 Å². The lowest BCUT2D eigenvalue weighted by molar-refractivity contribution is -0.139. The molecule has 1 saturated heterocycles. The number of H-pyrrole nitrogens is 2. The molecule has 21 nitrogen and oxygen atoms in total. The van der Waals surface area contributed by atoms with E-state index in [1.807, 2.05) is 4.90 Å². The minimum atomic E-state index is -4.81. The lowest BCUT2D eigenvalue weighted by Gasteiger charge is -2.27. The molecule has 1 aromatic carbocycles. The zero-order valence-corrected chi connectivity index (χ0v) is 29.2. The molecule has 7 aromatic rings. The number of ether oxygens (including phenoxy) is 1. The summed E-state index contributed by atoms with van der Waals surface area (Å²) in [4.78, 5) is 15.5. The number of aromatic nitrogens is 13. The Labute approximate surface area is 306 Å². The molecule has 55 heavy (non-hydrogen) atoms. The minimum Gasteiger partial charge on any atom is -0.378 e. The molecular formula is C29H23F3N16O5S2. The van der Waals surface area contributed by atoms with E-state index < -0.39 is 47.8 Å². The van der Waals surface area contributed by atoms with Crippen molar-refractivity contribution in [3.8, 4) is 50.8 Å². The zero-order valence-electron chi connectivity index (χ0n) is 27.5. The molecule has 0 unspecified atom stereocenters. The Balaban J connectivity index is 1.30. The van der Waals surface area contributed by atoms with Crippen LogP contribution in [-0.2, 0) is 31.0 Å². The standard InChI is InChI=1S/C29H23F3N16O5S2/c30-29(31,32)24-18-11-14(1-3-19(18)38-39-24)16-5-6-35-27(54(33,49)50)22(16)26-42-46-48(43-26)21-12-17(15-2-4-20(36-13-15)47-7-9-53-10-8-47)23(25-40-44-45-41-25)28(37-21)55(34,51)52/h1-6,11-13H,7-10H2,(H,38,39)(H2,33,49,50)(H2,34,51,52)(H,40,41,44,45). The first-order valence-electron chi connectivity index (χ1n) is 15.7. The van der Waals surface area contributed by atoms with Crippen LogP contribution in [0.2, 0.25) is 0 Å². The summed E-state index contributed by atoms with van der Waals surface area (Å²) in [5, 5.41) is 41.1. The van der Waals surface area contributed by atoms with Gasteiger partial charge in [-0.05, 0) is 58.0 Å². The average molecular weight is 797 g/mol. The lowest BCUT2D eigenvalue weighted by Crippen LogP contribution is -2.36. The number of tetrazole rings is 2. The van der Waals surface area contributed by atoms with E-state index in [0.29, 0.717) is 37.7 Å². The first-order valence-corrected chi connectivity index (χ1v) is 18.7. The van der Waals surface area contributed by atoms with Gasteiger partial charge in [0.05, 0.1) is 29.9 Å². The molecule has 26 heteroatoms. The maximum absolute atomic E-state index is 13.8. The van der Waals surface area contributed by atoms with Gasteiger partial charge in [-0.1, -0.05) is 6.07 Å². The maximum Gasteiger partial charge on any atom is 0.435 e. The molecule has 0 saturated carbocycles. The van der Waals surface area contributed by atoms with E-state index in [1.54, 1.807) is 12.1 Å². The third kappa shape index (κ3) is 6.71. The lowest BCUT2D eigenvalue weighted by atomic mass is 9.99. The Morgan fingerprint density at radius 2 is 1.55 bits per heavy atom. The molecule has 0 bridgehead atoms. The highest BCUT2D eigenvalue weighted by molar-refractivity contribution is 7.89. The summed E-state index contributed by atoms with van der Waals surface area (Å²) in [5.74, 6) is -0.242. The Morgan fingerprint density at radius 1 is 0.800 bits per heavy atom. The second-order valence-electron chi connectivity index (χ2n) is 11.8. The van der Waals surface area contributed by atoms with Crippen molar-refractivity contribution in [3.63, 3.8) is 0 Å². The van der Waals surface area contributed by atoms with Gasteiger partial charge in [-0.15, -0.1) is 25.2 Å². The zero-order chi connectivity index (χ0) is 38.7. The SMILES string of the molecule is NS(=O)(=O)c1nccc(-c2ccc3[nH]nc(C(F)(F)F)c3c2)c1-c1nnn(-c2cc(-c3ccc(N4CCOCC4)nc3)c(-c3nn[nH]n3)c(S(N)(=O)=O)n2)n1. The van der Waals surface area contributed by atoms with Crippen molar-refractivity contribution in [2.75, 3.05) is 31.2 Å². The number of nitrogens with two attached hydrogens (primary N) is 2. The van der Waals surface area contributed by atoms with E-state index in [1.165, 1.54) is 30.5 Å². The van der Waals surface area contributed by atoms with Gasteiger partial charge in [0.1, 0.15) is 5.82 Å².